The van der Waals surface area contributed by atoms with Gasteiger partial charge >= 0.3 is 0 Å². The minimum atomic E-state index is 0.564. The van der Waals surface area contributed by atoms with Crippen molar-refractivity contribution < 1.29 is 4.74 Å². The number of hydrogen-bond acceptors (Lipinski definition) is 3. The second-order valence-corrected chi connectivity index (χ2v) is 9.41. The van der Waals surface area contributed by atoms with Gasteiger partial charge in [-0.25, -0.2) is 0 Å². The standard InChI is InChI=1S/C26H30ClN3O/c1-29(22-9-6-18(7-10-22)20-8-13-26(31-2)25(27)15-20)24-5-3-4-19(14-24)21-16-28-30(17-21)23-11-12-23/h3-5,8,13-18,22-23H,6-7,9-12H2,1-2H3. The van der Waals surface area contributed by atoms with Gasteiger partial charge in [0.1, 0.15) is 5.75 Å². The van der Waals surface area contributed by atoms with Crippen molar-refractivity contribution >= 4 is 17.3 Å². The lowest BCUT2D eigenvalue weighted by Gasteiger charge is -2.36. The number of hydrogen-bond donors (Lipinski definition) is 0. The monoisotopic (exact) mass is 435 g/mol. The molecule has 1 heterocycles. The van der Waals surface area contributed by atoms with Crippen LogP contribution in [0.25, 0.3) is 11.1 Å². The second kappa shape index (κ2) is 8.58. The van der Waals surface area contributed by atoms with Crippen LogP contribution in [-0.2, 0) is 0 Å². The van der Waals surface area contributed by atoms with E-state index in [1.165, 1.54) is 60.9 Å². The van der Waals surface area contributed by atoms with Crippen molar-refractivity contribution in [1.82, 2.24) is 9.78 Å². The summed E-state index contributed by atoms with van der Waals surface area (Å²) in [6, 6.07) is 16.3. The third-order valence-corrected chi connectivity index (χ3v) is 7.30. The Morgan fingerprint density at radius 1 is 1.00 bits per heavy atom. The Labute approximate surface area is 189 Å². The Kier molecular flexibility index (Phi) is 5.66. The zero-order valence-electron chi connectivity index (χ0n) is 18.3. The second-order valence-electron chi connectivity index (χ2n) is 9.00. The molecular weight excluding hydrogens is 406 g/mol. The third kappa shape index (κ3) is 4.31. The number of halogens is 1. The third-order valence-electron chi connectivity index (χ3n) is 7.00. The van der Waals surface area contributed by atoms with Gasteiger partial charge in [-0.05, 0) is 79.8 Å². The van der Waals surface area contributed by atoms with Crippen molar-refractivity contribution in [3.05, 3.63) is 65.4 Å². The number of ether oxygens (including phenoxy) is 1. The maximum absolute atomic E-state index is 6.36. The molecule has 3 aromatic rings. The number of methoxy groups -OCH3 is 1. The van der Waals surface area contributed by atoms with E-state index in [0.29, 0.717) is 23.0 Å². The van der Waals surface area contributed by atoms with Crippen LogP contribution in [0.2, 0.25) is 5.02 Å². The first-order valence-electron chi connectivity index (χ1n) is 11.3. The maximum Gasteiger partial charge on any atom is 0.137 e. The highest BCUT2D eigenvalue weighted by Crippen LogP contribution is 2.39. The van der Waals surface area contributed by atoms with E-state index in [1.807, 2.05) is 12.3 Å². The largest absolute Gasteiger partial charge is 0.495 e. The van der Waals surface area contributed by atoms with Gasteiger partial charge in [0.05, 0.1) is 24.4 Å². The molecule has 162 valence electrons. The molecule has 2 fully saturated rings. The van der Waals surface area contributed by atoms with Gasteiger partial charge in [0.25, 0.3) is 0 Å². The van der Waals surface area contributed by atoms with E-state index in [0.717, 1.165) is 5.75 Å². The molecule has 0 bridgehead atoms. The van der Waals surface area contributed by atoms with E-state index < -0.39 is 0 Å². The van der Waals surface area contributed by atoms with E-state index in [9.17, 15) is 0 Å². The van der Waals surface area contributed by atoms with E-state index in [-0.39, 0.29) is 0 Å². The Morgan fingerprint density at radius 2 is 1.81 bits per heavy atom. The molecule has 0 N–H and O–H groups in total. The molecule has 2 aliphatic rings. The lowest BCUT2D eigenvalue weighted by atomic mass is 9.81. The van der Waals surface area contributed by atoms with Gasteiger partial charge in [0.2, 0.25) is 0 Å². The lowest BCUT2D eigenvalue weighted by Crippen LogP contribution is -2.34. The summed E-state index contributed by atoms with van der Waals surface area (Å²) in [7, 11) is 3.90. The van der Waals surface area contributed by atoms with E-state index in [1.54, 1.807) is 7.11 Å². The number of aromatic nitrogens is 2. The summed E-state index contributed by atoms with van der Waals surface area (Å²) in [5, 5.41) is 5.27. The quantitative estimate of drug-likeness (QED) is 0.431. The van der Waals surface area contributed by atoms with Crippen LogP contribution in [0, 0.1) is 0 Å². The molecule has 31 heavy (non-hydrogen) atoms. The van der Waals surface area contributed by atoms with Gasteiger partial charge in [-0.3, -0.25) is 4.68 Å². The van der Waals surface area contributed by atoms with Gasteiger partial charge in [-0.2, -0.15) is 5.10 Å². The van der Waals surface area contributed by atoms with Crippen molar-refractivity contribution in [3.63, 3.8) is 0 Å². The average molecular weight is 436 g/mol. The molecule has 0 amide bonds. The fourth-order valence-electron chi connectivity index (χ4n) is 4.87. The topological polar surface area (TPSA) is 30.3 Å². The molecule has 5 heteroatoms. The number of benzene rings is 2. The van der Waals surface area contributed by atoms with Crippen molar-refractivity contribution in [2.45, 2.75) is 56.5 Å². The molecule has 5 rings (SSSR count). The highest BCUT2D eigenvalue weighted by atomic mass is 35.5. The summed E-state index contributed by atoms with van der Waals surface area (Å²) >= 11 is 6.36. The molecule has 0 unspecified atom stereocenters. The molecule has 2 aromatic carbocycles. The van der Waals surface area contributed by atoms with Gasteiger partial charge in [-0.1, -0.05) is 29.8 Å². The van der Waals surface area contributed by atoms with E-state index >= 15 is 0 Å². The predicted molar refractivity (Wildman–Crippen MR) is 127 cm³/mol. The first-order chi connectivity index (χ1) is 15.1. The van der Waals surface area contributed by atoms with Gasteiger partial charge < -0.3 is 9.64 Å². The molecule has 0 radical (unpaired) electrons. The SMILES string of the molecule is COc1ccc(C2CCC(N(C)c3cccc(-c4cnn(C5CC5)c4)c3)CC2)cc1Cl. The number of rotatable bonds is 6. The van der Waals surface area contributed by atoms with Gasteiger partial charge in [0, 0.05) is 30.5 Å². The fraction of sp³-hybridized carbons (Fsp3) is 0.423. The van der Waals surface area contributed by atoms with Crippen LogP contribution < -0.4 is 9.64 Å². The summed E-state index contributed by atoms with van der Waals surface area (Å²) in [6.07, 6.45) is 11.5. The molecule has 0 saturated heterocycles. The predicted octanol–water partition coefficient (Wildman–Crippen LogP) is 6.71. The Hall–Kier alpha value is -2.46. The van der Waals surface area contributed by atoms with Crippen molar-refractivity contribution in [1.29, 1.82) is 0 Å². The van der Waals surface area contributed by atoms with E-state index in [4.69, 9.17) is 16.3 Å². The number of nitrogens with zero attached hydrogens (tertiary/aromatic N) is 3. The molecule has 0 spiro atoms. The molecule has 0 aliphatic heterocycles. The summed E-state index contributed by atoms with van der Waals surface area (Å²) < 4.78 is 7.42. The first-order valence-corrected chi connectivity index (χ1v) is 11.7. The van der Waals surface area contributed by atoms with Crippen LogP contribution in [-0.4, -0.2) is 30.0 Å². The normalized spacial score (nSPS) is 21.1. The average Bonchev–Trinajstić information content (AvgIpc) is 3.55. The zero-order chi connectivity index (χ0) is 21.4. The maximum atomic E-state index is 6.36. The summed E-state index contributed by atoms with van der Waals surface area (Å²) in [4.78, 5) is 2.46. The smallest absolute Gasteiger partial charge is 0.137 e. The van der Waals surface area contributed by atoms with Crippen LogP contribution in [0.1, 0.15) is 56.0 Å². The highest BCUT2D eigenvalue weighted by Gasteiger charge is 2.26. The minimum absolute atomic E-state index is 0.564. The Morgan fingerprint density at radius 3 is 2.52 bits per heavy atom. The van der Waals surface area contributed by atoms with Crippen LogP contribution in [0.5, 0.6) is 5.75 Å². The summed E-state index contributed by atoms with van der Waals surface area (Å²) in [6.45, 7) is 0. The number of anilines is 1. The molecule has 1 aromatic heterocycles. The Bertz CT molecular complexity index is 1050. The van der Waals surface area contributed by atoms with Crippen LogP contribution in [0.3, 0.4) is 0 Å². The molecular formula is C26H30ClN3O. The van der Waals surface area contributed by atoms with Crippen molar-refractivity contribution in [3.8, 4) is 16.9 Å². The molecule has 0 atom stereocenters. The van der Waals surface area contributed by atoms with Crippen LogP contribution >= 0.6 is 11.6 Å². The molecule has 2 aliphatic carbocycles. The van der Waals surface area contributed by atoms with Crippen LogP contribution in [0.4, 0.5) is 5.69 Å². The minimum Gasteiger partial charge on any atom is -0.495 e. The summed E-state index contributed by atoms with van der Waals surface area (Å²) in [5.74, 6) is 1.33. The molecule has 2 saturated carbocycles. The first kappa shape index (κ1) is 20.4. The zero-order valence-corrected chi connectivity index (χ0v) is 19.1. The molecule has 4 nitrogen and oxygen atoms in total. The highest BCUT2D eigenvalue weighted by molar-refractivity contribution is 6.32. The lowest BCUT2D eigenvalue weighted by molar-refractivity contribution is 0.384. The fourth-order valence-corrected chi connectivity index (χ4v) is 5.14. The Balaban J connectivity index is 1.25. The van der Waals surface area contributed by atoms with E-state index in [2.05, 4.69) is 64.3 Å². The summed E-state index contributed by atoms with van der Waals surface area (Å²) in [5.41, 5.74) is 5.08. The van der Waals surface area contributed by atoms with Gasteiger partial charge in [-0.15, -0.1) is 0 Å². The van der Waals surface area contributed by atoms with Gasteiger partial charge in [0.15, 0.2) is 0 Å². The van der Waals surface area contributed by atoms with Crippen LogP contribution in [0.15, 0.2) is 54.9 Å². The van der Waals surface area contributed by atoms with Crippen molar-refractivity contribution in [2.24, 2.45) is 0 Å². The van der Waals surface area contributed by atoms with Crippen molar-refractivity contribution in [2.75, 3.05) is 19.1 Å².